The van der Waals surface area contributed by atoms with Crippen LogP contribution in [0.2, 0.25) is 0 Å². The van der Waals surface area contributed by atoms with Gasteiger partial charge in [0.05, 0.1) is 10.8 Å². The molecule has 1 amide bonds. The number of hydrogen-bond donors (Lipinski definition) is 1. The molecule has 1 aromatic rings. The number of rotatable bonds is 7. The molecule has 7 heteroatoms. The normalized spacial score (nSPS) is 24.3. The minimum absolute atomic E-state index is 0.0134. The highest BCUT2D eigenvalue weighted by molar-refractivity contribution is 7.89. The molecule has 2 aliphatic rings. The lowest BCUT2D eigenvalue weighted by atomic mass is 9.99. The lowest BCUT2D eigenvalue weighted by Gasteiger charge is -2.33. The van der Waals surface area contributed by atoms with Crippen molar-refractivity contribution in [2.75, 3.05) is 32.7 Å². The van der Waals surface area contributed by atoms with Gasteiger partial charge >= 0.3 is 0 Å². The number of nitrogens with one attached hydrogen (secondary N) is 1. The topological polar surface area (TPSA) is 69.7 Å². The molecule has 2 aliphatic heterocycles. The van der Waals surface area contributed by atoms with Crippen LogP contribution in [-0.2, 0) is 14.8 Å². The van der Waals surface area contributed by atoms with Crippen LogP contribution in [0.1, 0.15) is 51.0 Å². The van der Waals surface area contributed by atoms with Crippen molar-refractivity contribution < 1.29 is 13.2 Å². The summed E-state index contributed by atoms with van der Waals surface area (Å²) in [4.78, 5) is 15.4. The van der Waals surface area contributed by atoms with Crippen LogP contribution in [0.5, 0.6) is 0 Å². The van der Waals surface area contributed by atoms with Gasteiger partial charge in [-0.3, -0.25) is 4.79 Å². The van der Waals surface area contributed by atoms with E-state index >= 15 is 0 Å². The van der Waals surface area contributed by atoms with Crippen LogP contribution in [0.15, 0.2) is 29.2 Å². The Balaban J connectivity index is 1.48. The van der Waals surface area contributed by atoms with Crippen LogP contribution in [0.25, 0.3) is 0 Å². The lowest BCUT2D eigenvalue weighted by molar-refractivity contribution is -0.126. The first-order chi connectivity index (χ1) is 13.9. The van der Waals surface area contributed by atoms with Crippen molar-refractivity contribution in [1.29, 1.82) is 0 Å². The number of nitrogens with zero attached hydrogens (tertiary/aromatic N) is 2. The average Bonchev–Trinajstić information content (AvgIpc) is 2.72. The van der Waals surface area contributed by atoms with Crippen molar-refractivity contribution in [2.24, 2.45) is 5.92 Å². The second kappa shape index (κ2) is 10.0. The maximum absolute atomic E-state index is 12.9. The molecule has 1 N–H and O–H groups in total. The zero-order valence-electron chi connectivity index (χ0n) is 17.8. The fraction of sp³-hybridized carbons (Fsp3) is 0.682. The van der Waals surface area contributed by atoms with E-state index < -0.39 is 10.0 Å². The van der Waals surface area contributed by atoms with E-state index in [2.05, 4.69) is 17.1 Å². The minimum Gasteiger partial charge on any atom is -0.356 e. The van der Waals surface area contributed by atoms with Crippen molar-refractivity contribution in [3.8, 4) is 0 Å². The molecule has 1 aromatic carbocycles. The van der Waals surface area contributed by atoms with Crippen LogP contribution in [0, 0.1) is 12.8 Å². The quantitative estimate of drug-likeness (QED) is 0.688. The molecular weight excluding hydrogens is 386 g/mol. The number of likely N-dealkylation sites (tertiary alicyclic amines) is 1. The highest BCUT2D eigenvalue weighted by Gasteiger charge is 2.33. The Bertz CT molecular complexity index is 779. The minimum atomic E-state index is -3.54. The molecule has 0 spiro atoms. The van der Waals surface area contributed by atoms with Gasteiger partial charge in [0, 0.05) is 32.2 Å². The summed E-state index contributed by atoms with van der Waals surface area (Å²) in [5.41, 5.74) is 1.03. The summed E-state index contributed by atoms with van der Waals surface area (Å²) >= 11 is 0. The molecular formula is C22H35N3O3S. The van der Waals surface area contributed by atoms with Crippen LogP contribution < -0.4 is 5.32 Å². The molecule has 0 saturated carbocycles. The van der Waals surface area contributed by atoms with Gasteiger partial charge in [-0.2, -0.15) is 4.31 Å². The molecule has 2 saturated heterocycles. The van der Waals surface area contributed by atoms with E-state index in [9.17, 15) is 13.2 Å². The van der Waals surface area contributed by atoms with Crippen LogP contribution >= 0.6 is 0 Å². The Kier molecular flexibility index (Phi) is 7.71. The number of piperidine rings is 2. The molecule has 6 nitrogen and oxygen atoms in total. The van der Waals surface area contributed by atoms with Crippen LogP contribution in [0.3, 0.4) is 0 Å². The fourth-order valence-corrected chi connectivity index (χ4v) is 5.89. The Morgan fingerprint density at radius 3 is 2.59 bits per heavy atom. The molecule has 0 aliphatic carbocycles. The van der Waals surface area contributed by atoms with Crippen molar-refractivity contribution in [2.45, 2.75) is 63.3 Å². The van der Waals surface area contributed by atoms with E-state index in [1.165, 1.54) is 23.6 Å². The number of sulfonamides is 1. The molecule has 2 fully saturated rings. The third kappa shape index (κ3) is 5.80. The summed E-state index contributed by atoms with van der Waals surface area (Å²) in [6, 6.07) is 7.55. The third-order valence-electron chi connectivity index (χ3n) is 6.28. The summed E-state index contributed by atoms with van der Waals surface area (Å²) in [5, 5.41) is 3.04. The van der Waals surface area contributed by atoms with Crippen molar-refractivity contribution in [3.05, 3.63) is 29.8 Å². The van der Waals surface area contributed by atoms with Gasteiger partial charge in [0.1, 0.15) is 0 Å². The summed E-state index contributed by atoms with van der Waals surface area (Å²) in [7, 11) is -3.54. The first-order valence-electron chi connectivity index (χ1n) is 11.0. The van der Waals surface area contributed by atoms with Gasteiger partial charge in [0.25, 0.3) is 0 Å². The second-order valence-corrected chi connectivity index (χ2v) is 10.5. The molecule has 2 heterocycles. The van der Waals surface area contributed by atoms with E-state index in [0.717, 1.165) is 31.5 Å². The molecule has 2 atom stereocenters. The number of aryl methyl sites for hydroxylation is 1. The van der Waals surface area contributed by atoms with E-state index in [4.69, 9.17) is 0 Å². The predicted octanol–water partition coefficient (Wildman–Crippen LogP) is 2.78. The van der Waals surface area contributed by atoms with Crippen molar-refractivity contribution in [1.82, 2.24) is 14.5 Å². The summed E-state index contributed by atoms with van der Waals surface area (Å²) < 4.78 is 27.3. The zero-order valence-corrected chi connectivity index (χ0v) is 18.6. The maximum atomic E-state index is 12.9. The molecule has 0 radical (unpaired) electrons. The molecule has 0 unspecified atom stereocenters. The molecule has 0 bridgehead atoms. The Labute approximate surface area is 175 Å². The van der Waals surface area contributed by atoms with Crippen LogP contribution in [0.4, 0.5) is 0 Å². The third-order valence-corrected chi connectivity index (χ3v) is 8.15. The van der Waals surface area contributed by atoms with E-state index in [1.54, 1.807) is 12.1 Å². The van der Waals surface area contributed by atoms with Crippen molar-refractivity contribution >= 4 is 15.9 Å². The largest absolute Gasteiger partial charge is 0.356 e. The summed E-state index contributed by atoms with van der Waals surface area (Å²) in [6.07, 6.45) is 6.25. The van der Waals surface area contributed by atoms with E-state index in [0.29, 0.717) is 30.4 Å². The van der Waals surface area contributed by atoms with Gasteiger partial charge in [-0.15, -0.1) is 0 Å². The smallest absolute Gasteiger partial charge is 0.243 e. The first-order valence-corrected chi connectivity index (χ1v) is 12.4. The number of carbonyl (C=O) groups is 1. The SMILES string of the molecule is Cc1ccc(S(=O)(=O)N2CCC[C@H](C(=O)NCCCN3CCCC[C@@H]3C)C2)cc1. The Morgan fingerprint density at radius 1 is 1.10 bits per heavy atom. The van der Waals surface area contributed by atoms with Gasteiger partial charge in [0.15, 0.2) is 0 Å². The molecule has 29 heavy (non-hydrogen) atoms. The second-order valence-electron chi connectivity index (χ2n) is 8.54. The fourth-order valence-electron chi connectivity index (χ4n) is 4.36. The number of carbonyl (C=O) groups excluding carboxylic acids is 1. The molecule has 0 aromatic heterocycles. The monoisotopic (exact) mass is 421 g/mol. The van der Waals surface area contributed by atoms with Gasteiger partial charge in [-0.1, -0.05) is 24.1 Å². The maximum Gasteiger partial charge on any atom is 0.243 e. The Hall–Kier alpha value is -1.44. The van der Waals surface area contributed by atoms with Gasteiger partial charge in [0.2, 0.25) is 15.9 Å². The highest BCUT2D eigenvalue weighted by atomic mass is 32.2. The van der Waals surface area contributed by atoms with Gasteiger partial charge in [-0.05, 0) is 64.6 Å². The predicted molar refractivity (Wildman–Crippen MR) is 115 cm³/mol. The molecule has 162 valence electrons. The van der Waals surface area contributed by atoms with Gasteiger partial charge in [-0.25, -0.2) is 8.42 Å². The highest BCUT2D eigenvalue weighted by Crippen LogP contribution is 2.24. The number of amides is 1. The van der Waals surface area contributed by atoms with E-state index in [1.807, 2.05) is 19.1 Å². The molecule has 3 rings (SSSR count). The van der Waals surface area contributed by atoms with Crippen molar-refractivity contribution in [3.63, 3.8) is 0 Å². The van der Waals surface area contributed by atoms with Crippen LogP contribution in [-0.4, -0.2) is 62.3 Å². The standard InChI is InChI=1S/C22H35N3O3S/c1-18-9-11-21(12-10-18)29(27,28)25-16-5-8-20(17-25)22(26)23-13-6-15-24-14-4-3-7-19(24)2/h9-12,19-20H,3-8,13-17H2,1-2H3,(H,23,26)/t19-,20-/m0/s1. The lowest BCUT2D eigenvalue weighted by Crippen LogP contribution is -2.46. The van der Waals surface area contributed by atoms with E-state index in [-0.39, 0.29) is 18.4 Å². The zero-order chi connectivity index (χ0) is 20.9. The number of hydrogen-bond acceptors (Lipinski definition) is 4. The Morgan fingerprint density at radius 2 is 1.86 bits per heavy atom. The average molecular weight is 422 g/mol. The first kappa shape index (κ1) is 22.2. The van der Waals surface area contributed by atoms with Gasteiger partial charge < -0.3 is 10.2 Å². The summed E-state index contributed by atoms with van der Waals surface area (Å²) in [5.74, 6) is -0.279. The summed E-state index contributed by atoms with van der Waals surface area (Å²) in [6.45, 7) is 7.79. The number of benzene rings is 1.